The van der Waals surface area contributed by atoms with Gasteiger partial charge in [-0.3, -0.25) is 4.79 Å². The maximum Gasteiger partial charge on any atom is 0.416 e. The molecule has 116 valence electrons. The summed E-state index contributed by atoms with van der Waals surface area (Å²) in [6, 6.07) is 3.33. The second kappa shape index (κ2) is 5.78. The summed E-state index contributed by atoms with van der Waals surface area (Å²) in [6.07, 6.45) is -2.69. The first-order chi connectivity index (χ1) is 9.60. The number of carbonyl (C=O) groups excluding carboxylic acids is 1. The number of nitrogens with zero attached hydrogens (tertiary/aromatic N) is 1. The molecule has 1 amide bonds. The van der Waals surface area contributed by atoms with Crippen molar-refractivity contribution in [2.45, 2.75) is 32.9 Å². The summed E-state index contributed by atoms with van der Waals surface area (Å²) < 4.78 is 38.9. The number of hydrogen-bond acceptors (Lipinski definition) is 1. The highest BCUT2D eigenvalue weighted by Gasteiger charge is 2.33. The van der Waals surface area contributed by atoms with Crippen molar-refractivity contribution in [2.75, 3.05) is 13.1 Å². The lowest BCUT2D eigenvalue weighted by molar-refractivity contribution is -0.137. The van der Waals surface area contributed by atoms with Crippen LogP contribution in [0.15, 0.2) is 18.2 Å². The monoisotopic (exact) mass is 411 g/mol. The van der Waals surface area contributed by atoms with Gasteiger partial charge in [0, 0.05) is 16.7 Å². The van der Waals surface area contributed by atoms with E-state index >= 15 is 0 Å². The predicted octanol–water partition coefficient (Wildman–Crippen LogP) is 4.57. The normalized spacial score (nSPS) is 18.7. The van der Waals surface area contributed by atoms with Gasteiger partial charge in [-0.25, -0.2) is 0 Å². The van der Waals surface area contributed by atoms with Crippen molar-refractivity contribution in [3.63, 3.8) is 0 Å². The van der Waals surface area contributed by atoms with E-state index in [1.807, 2.05) is 22.6 Å². The maximum atomic E-state index is 12.8. The maximum absolute atomic E-state index is 12.8. The number of likely N-dealkylation sites (tertiary alicyclic amines) is 1. The van der Waals surface area contributed by atoms with Gasteiger partial charge in [0.2, 0.25) is 0 Å². The smallest absolute Gasteiger partial charge is 0.339 e. The van der Waals surface area contributed by atoms with Gasteiger partial charge < -0.3 is 4.90 Å². The van der Waals surface area contributed by atoms with Crippen molar-refractivity contribution in [2.24, 2.45) is 5.41 Å². The molecule has 2 nitrogen and oxygen atoms in total. The summed E-state index contributed by atoms with van der Waals surface area (Å²) in [5.41, 5.74) is -0.439. The van der Waals surface area contributed by atoms with Crippen molar-refractivity contribution in [3.8, 4) is 0 Å². The number of rotatable bonds is 1. The number of alkyl halides is 3. The molecule has 1 aliphatic heterocycles. The SMILES string of the molecule is CC1(C)CCN(C(=O)c2cc(C(F)(F)F)ccc2I)CC1. The summed E-state index contributed by atoms with van der Waals surface area (Å²) >= 11 is 1.91. The van der Waals surface area contributed by atoms with E-state index in [0.29, 0.717) is 16.7 Å². The Labute approximate surface area is 135 Å². The van der Waals surface area contributed by atoms with Gasteiger partial charge >= 0.3 is 6.18 Å². The molecule has 0 aromatic heterocycles. The van der Waals surface area contributed by atoms with Crippen LogP contribution in [-0.4, -0.2) is 23.9 Å². The molecule has 1 aliphatic rings. The standard InChI is InChI=1S/C15H17F3INO/c1-14(2)5-7-20(8-6-14)13(21)11-9-10(15(16,17)18)3-4-12(11)19/h3-4,9H,5-8H2,1-2H3. The summed E-state index contributed by atoms with van der Waals surface area (Å²) in [5.74, 6) is -0.305. The fourth-order valence-corrected chi connectivity index (χ4v) is 2.92. The van der Waals surface area contributed by atoms with Crippen LogP contribution in [-0.2, 0) is 6.18 Å². The van der Waals surface area contributed by atoms with E-state index in [-0.39, 0.29) is 16.9 Å². The average molecular weight is 411 g/mol. The van der Waals surface area contributed by atoms with E-state index in [0.717, 1.165) is 25.0 Å². The summed E-state index contributed by atoms with van der Waals surface area (Å²) in [5, 5.41) is 0. The minimum absolute atomic E-state index is 0.144. The van der Waals surface area contributed by atoms with Gasteiger partial charge in [-0.05, 0) is 59.0 Å². The van der Waals surface area contributed by atoms with Gasteiger partial charge in [0.15, 0.2) is 0 Å². The molecule has 6 heteroatoms. The molecule has 1 aromatic rings. The number of piperidine rings is 1. The molecule has 0 saturated carbocycles. The van der Waals surface area contributed by atoms with Gasteiger partial charge in [0.1, 0.15) is 0 Å². The molecule has 0 bridgehead atoms. The molecule has 0 aliphatic carbocycles. The van der Waals surface area contributed by atoms with Crippen LogP contribution < -0.4 is 0 Å². The number of halogens is 4. The Hall–Kier alpha value is -0.790. The Morgan fingerprint density at radius 3 is 2.33 bits per heavy atom. The van der Waals surface area contributed by atoms with Crippen molar-refractivity contribution in [1.82, 2.24) is 4.90 Å². The van der Waals surface area contributed by atoms with Crippen molar-refractivity contribution < 1.29 is 18.0 Å². The highest BCUT2D eigenvalue weighted by molar-refractivity contribution is 14.1. The van der Waals surface area contributed by atoms with Gasteiger partial charge in [-0.15, -0.1) is 0 Å². The lowest BCUT2D eigenvalue weighted by Crippen LogP contribution is -2.41. The molecular weight excluding hydrogens is 394 g/mol. The summed E-state index contributed by atoms with van der Waals surface area (Å²) in [4.78, 5) is 14.1. The number of hydrogen-bond donors (Lipinski definition) is 0. The zero-order valence-electron chi connectivity index (χ0n) is 11.9. The van der Waals surface area contributed by atoms with Crippen LogP contribution in [0.25, 0.3) is 0 Å². The van der Waals surface area contributed by atoms with Crippen LogP contribution in [0.5, 0.6) is 0 Å². The highest BCUT2D eigenvalue weighted by Crippen LogP contribution is 2.33. The van der Waals surface area contributed by atoms with Crippen molar-refractivity contribution in [1.29, 1.82) is 0 Å². The second-order valence-electron chi connectivity index (χ2n) is 6.15. The van der Waals surface area contributed by atoms with Crippen LogP contribution in [0, 0.1) is 8.99 Å². The van der Waals surface area contributed by atoms with E-state index in [4.69, 9.17) is 0 Å². The summed E-state index contributed by atoms with van der Waals surface area (Å²) in [6.45, 7) is 5.47. The van der Waals surface area contributed by atoms with Crippen LogP contribution in [0.2, 0.25) is 0 Å². The molecule has 0 radical (unpaired) electrons. The average Bonchev–Trinajstić information content (AvgIpc) is 2.37. The van der Waals surface area contributed by atoms with E-state index in [1.54, 1.807) is 4.90 Å². The Morgan fingerprint density at radius 2 is 1.81 bits per heavy atom. The third-order valence-electron chi connectivity index (χ3n) is 3.93. The zero-order chi connectivity index (χ0) is 15.8. The molecule has 1 saturated heterocycles. The zero-order valence-corrected chi connectivity index (χ0v) is 14.1. The molecule has 21 heavy (non-hydrogen) atoms. The van der Waals surface area contributed by atoms with E-state index < -0.39 is 11.7 Å². The predicted molar refractivity (Wildman–Crippen MR) is 83.1 cm³/mol. The molecular formula is C15H17F3INO. The Morgan fingerprint density at radius 1 is 1.24 bits per heavy atom. The minimum Gasteiger partial charge on any atom is -0.339 e. The van der Waals surface area contributed by atoms with Gasteiger partial charge in [0.05, 0.1) is 11.1 Å². The van der Waals surface area contributed by atoms with Crippen molar-refractivity contribution in [3.05, 3.63) is 32.9 Å². The molecule has 2 rings (SSSR count). The molecule has 0 atom stereocenters. The Kier molecular flexibility index (Phi) is 4.56. The molecule has 1 aromatic carbocycles. The lowest BCUT2D eigenvalue weighted by atomic mass is 9.82. The highest BCUT2D eigenvalue weighted by atomic mass is 127. The van der Waals surface area contributed by atoms with E-state index in [9.17, 15) is 18.0 Å². The molecule has 1 heterocycles. The minimum atomic E-state index is -4.43. The molecule has 1 fully saturated rings. The van der Waals surface area contributed by atoms with Gasteiger partial charge in [0.25, 0.3) is 5.91 Å². The first-order valence-corrected chi connectivity index (χ1v) is 7.84. The van der Waals surface area contributed by atoms with E-state index in [2.05, 4.69) is 13.8 Å². The first-order valence-electron chi connectivity index (χ1n) is 6.76. The lowest BCUT2D eigenvalue weighted by Gasteiger charge is -2.37. The third kappa shape index (κ3) is 3.90. The quantitative estimate of drug-likeness (QED) is 0.620. The number of benzene rings is 1. The fourth-order valence-electron chi connectivity index (χ4n) is 2.35. The molecule has 0 unspecified atom stereocenters. The largest absolute Gasteiger partial charge is 0.416 e. The molecule has 0 N–H and O–H groups in total. The third-order valence-corrected chi connectivity index (χ3v) is 4.87. The topological polar surface area (TPSA) is 20.3 Å². The first kappa shape index (κ1) is 16.6. The van der Waals surface area contributed by atoms with Crippen LogP contribution in [0.3, 0.4) is 0 Å². The second-order valence-corrected chi connectivity index (χ2v) is 7.31. The number of carbonyl (C=O) groups is 1. The number of amides is 1. The van der Waals surface area contributed by atoms with Crippen LogP contribution in [0.4, 0.5) is 13.2 Å². The van der Waals surface area contributed by atoms with Crippen molar-refractivity contribution >= 4 is 28.5 Å². The molecule has 0 spiro atoms. The van der Waals surface area contributed by atoms with Crippen LogP contribution in [0.1, 0.15) is 42.6 Å². The van der Waals surface area contributed by atoms with E-state index in [1.165, 1.54) is 6.07 Å². The Bertz CT molecular complexity index is 544. The summed E-state index contributed by atoms with van der Waals surface area (Å²) in [7, 11) is 0. The van der Waals surface area contributed by atoms with Gasteiger partial charge in [-0.1, -0.05) is 13.8 Å². The van der Waals surface area contributed by atoms with Crippen LogP contribution >= 0.6 is 22.6 Å². The fraction of sp³-hybridized carbons (Fsp3) is 0.533. The van der Waals surface area contributed by atoms with Gasteiger partial charge in [-0.2, -0.15) is 13.2 Å². The Balaban J connectivity index is 2.23.